The van der Waals surface area contributed by atoms with Gasteiger partial charge in [0.1, 0.15) is 5.82 Å². The third kappa shape index (κ3) is 3.08. The molecule has 1 aromatic carbocycles. The Labute approximate surface area is 115 Å². The maximum absolute atomic E-state index is 14.3. The van der Waals surface area contributed by atoms with Crippen molar-refractivity contribution < 1.29 is 4.39 Å². The lowest BCUT2D eigenvalue weighted by Crippen LogP contribution is -2.30. The summed E-state index contributed by atoms with van der Waals surface area (Å²) in [6.07, 6.45) is 5.09. The largest absolute Gasteiger partial charge is 0.366 e. The third-order valence-corrected chi connectivity index (χ3v) is 4.06. The number of halogens is 1. The summed E-state index contributed by atoms with van der Waals surface area (Å²) in [5.74, 6) is 0.746. The lowest BCUT2D eigenvalue weighted by atomic mass is 10.1. The molecular weight excluding hydrogens is 239 g/mol. The Hall–Kier alpha value is -1.09. The molecule has 0 aliphatic heterocycles. The van der Waals surface area contributed by atoms with E-state index in [0.29, 0.717) is 6.04 Å². The smallest absolute Gasteiger partial charge is 0.146 e. The number of nitrogens with zero attached hydrogens (tertiary/aromatic N) is 1. The third-order valence-electron chi connectivity index (χ3n) is 4.06. The zero-order valence-electron chi connectivity index (χ0n) is 11.7. The van der Waals surface area contributed by atoms with Crippen molar-refractivity contribution in [3.8, 4) is 0 Å². The minimum atomic E-state index is -0.0528. The highest BCUT2D eigenvalue weighted by Crippen LogP contribution is 2.39. The van der Waals surface area contributed by atoms with E-state index in [1.54, 1.807) is 6.07 Å². The molecule has 0 unspecified atom stereocenters. The summed E-state index contributed by atoms with van der Waals surface area (Å²) in [4.78, 5) is 2.35. The normalized spacial score (nSPS) is 18.6. The van der Waals surface area contributed by atoms with E-state index in [-0.39, 0.29) is 5.82 Å². The fraction of sp³-hybridized carbons (Fsp3) is 0.625. The van der Waals surface area contributed by atoms with Gasteiger partial charge >= 0.3 is 0 Å². The van der Waals surface area contributed by atoms with Crippen molar-refractivity contribution in [2.75, 3.05) is 18.0 Å². The lowest BCUT2D eigenvalue weighted by molar-refractivity contribution is 0.601. The summed E-state index contributed by atoms with van der Waals surface area (Å²) >= 11 is 0. The van der Waals surface area contributed by atoms with Crippen LogP contribution < -0.4 is 10.2 Å². The van der Waals surface area contributed by atoms with Crippen LogP contribution in [0.2, 0.25) is 0 Å². The first-order valence-electron chi connectivity index (χ1n) is 7.54. The van der Waals surface area contributed by atoms with E-state index >= 15 is 0 Å². The molecular formula is C16H23FN2. The Morgan fingerprint density at radius 1 is 1.26 bits per heavy atom. The predicted molar refractivity (Wildman–Crippen MR) is 76.9 cm³/mol. The standard InChI is InChI=1S/C16H23FN2/c1-2-18-10-13-4-3-5-15(17)16(13)19(14-8-9-14)11-12-6-7-12/h3-5,12,14,18H,2,6-11H2,1H3. The summed E-state index contributed by atoms with van der Waals surface area (Å²) in [6.45, 7) is 4.81. The van der Waals surface area contributed by atoms with Gasteiger partial charge < -0.3 is 10.2 Å². The molecule has 0 saturated heterocycles. The van der Waals surface area contributed by atoms with Gasteiger partial charge in [-0.2, -0.15) is 0 Å². The van der Waals surface area contributed by atoms with Crippen LogP contribution in [-0.2, 0) is 6.54 Å². The molecule has 0 aromatic heterocycles. The van der Waals surface area contributed by atoms with E-state index in [1.807, 2.05) is 6.07 Å². The topological polar surface area (TPSA) is 15.3 Å². The van der Waals surface area contributed by atoms with Crippen molar-refractivity contribution >= 4 is 5.69 Å². The molecule has 0 bridgehead atoms. The SMILES string of the molecule is CCNCc1cccc(F)c1N(CC1CC1)C1CC1. The van der Waals surface area contributed by atoms with E-state index in [1.165, 1.54) is 25.7 Å². The highest BCUT2D eigenvalue weighted by molar-refractivity contribution is 5.56. The summed E-state index contributed by atoms with van der Waals surface area (Å²) < 4.78 is 14.3. The Morgan fingerprint density at radius 2 is 2.05 bits per heavy atom. The van der Waals surface area contributed by atoms with E-state index in [4.69, 9.17) is 0 Å². The van der Waals surface area contributed by atoms with E-state index in [0.717, 1.165) is 36.8 Å². The summed E-state index contributed by atoms with van der Waals surface area (Å²) in [7, 11) is 0. The minimum absolute atomic E-state index is 0.0528. The first kappa shape index (κ1) is 12.9. The van der Waals surface area contributed by atoms with E-state index in [2.05, 4.69) is 23.2 Å². The van der Waals surface area contributed by atoms with Gasteiger partial charge in [-0.3, -0.25) is 0 Å². The van der Waals surface area contributed by atoms with Crippen LogP contribution in [0.3, 0.4) is 0 Å². The fourth-order valence-corrected chi connectivity index (χ4v) is 2.67. The second kappa shape index (κ2) is 5.49. The molecule has 2 saturated carbocycles. The molecule has 2 fully saturated rings. The van der Waals surface area contributed by atoms with Gasteiger partial charge in [0.15, 0.2) is 0 Å². The number of rotatable bonds is 7. The van der Waals surface area contributed by atoms with E-state index < -0.39 is 0 Å². The number of hydrogen-bond donors (Lipinski definition) is 1. The molecule has 1 N–H and O–H groups in total. The van der Waals surface area contributed by atoms with E-state index in [9.17, 15) is 4.39 Å². The number of anilines is 1. The molecule has 0 radical (unpaired) electrons. The van der Waals surface area contributed by atoms with Crippen LogP contribution in [0.4, 0.5) is 10.1 Å². The molecule has 3 heteroatoms. The minimum Gasteiger partial charge on any atom is -0.366 e. The van der Waals surface area contributed by atoms with Gasteiger partial charge in [-0.05, 0) is 49.8 Å². The molecule has 2 nitrogen and oxygen atoms in total. The van der Waals surface area contributed by atoms with Gasteiger partial charge in [0.25, 0.3) is 0 Å². The van der Waals surface area contributed by atoms with Gasteiger partial charge in [-0.25, -0.2) is 4.39 Å². The van der Waals surface area contributed by atoms with Crippen LogP contribution >= 0.6 is 0 Å². The average Bonchev–Trinajstić information content (AvgIpc) is 3.27. The maximum atomic E-state index is 14.3. The summed E-state index contributed by atoms with van der Waals surface area (Å²) in [5, 5.41) is 3.32. The second-order valence-corrected chi connectivity index (χ2v) is 5.85. The predicted octanol–water partition coefficient (Wildman–Crippen LogP) is 3.31. The quantitative estimate of drug-likeness (QED) is 0.811. The zero-order valence-corrected chi connectivity index (χ0v) is 11.7. The average molecular weight is 262 g/mol. The lowest BCUT2D eigenvalue weighted by Gasteiger charge is -2.28. The molecule has 0 amide bonds. The zero-order chi connectivity index (χ0) is 13.2. The molecule has 2 aliphatic rings. The Balaban J connectivity index is 1.86. The molecule has 3 rings (SSSR count). The number of para-hydroxylation sites is 1. The maximum Gasteiger partial charge on any atom is 0.146 e. The van der Waals surface area contributed by atoms with Gasteiger partial charge in [0.05, 0.1) is 5.69 Å². The van der Waals surface area contributed by atoms with Gasteiger partial charge in [-0.1, -0.05) is 19.1 Å². The van der Waals surface area contributed by atoms with Crippen molar-refractivity contribution in [1.29, 1.82) is 0 Å². The van der Waals surface area contributed by atoms with Crippen molar-refractivity contribution in [3.05, 3.63) is 29.6 Å². The Kier molecular flexibility index (Phi) is 3.74. The van der Waals surface area contributed by atoms with Crippen LogP contribution in [0.25, 0.3) is 0 Å². The van der Waals surface area contributed by atoms with Crippen LogP contribution in [0, 0.1) is 11.7 Å². The number of benzene rings is 1. The molecule has 0 spiro atoms. The molecule has 19 heavy (non-hydrogen) atoms. The van der Waals surface area contributed by atoms with Gasteiger partial charge in [0, 0.05) is 19.1 Å². The van der Waals surface area contributed by atoms with Crippen LogP contribution in [0.1, 0.15) is 38.2 Å². The number of nitrogens with one attached hydrogen (secondary N) is 1. The second-order valence-electron chi connectivity index (χ2n) is 5.85. The van der Waals surface area contributed by atoms with Crippen LogP contribution in [0.5, 0.6) is 0 Å². The van der Waals surface area contributed by atoms with Crippen molar-refractivity contribution in [2.24, 2.45) is 5.92 Å². The van der Waals surface area contributed by atoms with Crippen LogP contribution in [-0.4, -0.2) is 19.1 Å². The molecule has 104 valence electrons. The summed E-state index contributed by atoms with van der Waals surface area (Å²) in [5.41, 5.74) is 1.97. The van der Waals surface area contributed by atoms with Gasteiger partial charge in [0.2, 0.25) is 0 Å². The number of hydrogen-bond acceptors (Lipinski definition) is 2. The highest BCUT2D eigenvalue weighted by atomic mass is 19.1. The monoisotopic (exact) mass is 262 g/mol. The fourth-order valence-electron chi connectivity index (χ4n) is 2.67. The van der Waals surface area contributed by atoms with Crippen molar-refractivity contribution in [2.45, 2.75) is 45.2 Å². The van der Waals surface area contributed by atoms with Crippen molar-refractivity contribution in [3.63, 3.8) is 0 Å². The van der Waals surface area contributed by atoms with Crippen LogP contribution in [0.15, 0.2) is 18.2 Å². The first-order chi connectivity index (χ1) is 9.29. The Morgan fingerprint density at radius 3 is 2.68 bits per heavy atom. The van der Waals surface area contributed by atoms with Crippen molar-refractivity contribution in [1.82, 2.24) is 5.32 Å². The molecule has 2 aliphatic carbocycles. The Bertz CT molecular complexity index is 438. The highest BCUT2D eigenvalue weighted by Gasteiger charge is 2.35. The molecule has 0 atom stereocenters. The summed E-state index contributed by atoms with van der Waals surface area (Å²) in [6, 6.07) is 6.07. The van der Waals surface area contributed by atoms with Gasteiger partial charge in [-0.15, -0.1) is 0 Å². The first-order valence-corrected chi connectivity index (χ1v) is 7.54. The molecule has 0 heterocycles. The molecule has 1 aromatic rings.